The summed E-state index contributed by atoms with van der Waals surface area (Å²) in [6.45, 7) is 4.61. The Bertz CT molecular complexity index is 1010. The molecule has 2 aliphatic rings. The standard InChI is InChI=1S/C23H28N4O5/c1-15-18(22(28)26-9-11-32-12-10-26)14-24-21(25-15)19-5-4-8-27(19)23(29)17-13-16(30-2)6-7-20(17)31-3/h6-7,13-14,19H,4-5,8-12H2,1-3H3/t19-/m1/s1. The lowest BCUT2D eigenvalue weighted by molar-refractivity contribution is 0.0301. The summed E-state index contributed by atoms with van der Waals surface area (Å²) >= 11 is 0. The molecule has 0 aliphatic carbocycles. The van der Waals surface area contributed by atoms with Crippen LogP contribution in [-0.4, -0.2) is 78.6 Å². The zero-order valence-corrected chi connectivity index (χ0v) is 18.7. The molecule has 2 amide bonds. The number of amides is 2. The van der Waals surface area contributed by atoms with Crippen molar-refractivity contribution in [3.05, 3.63) is 47.0 Å². The van der Waals surface area contributed by atoms with Crippen LogP contribution in [0.15, 0.2) is 24.4 Å². The molecule has 2 saturated heterocycles. The molecule has 9 heteroatoms. The fourth-order valence-corrected chi connectivity index (χ4v) is 4.21. The molecule has 1 atom stereocenters. The number of ether oxygens (including phenoxy) is 3. The SMILES string of the molecule is COc1ccc(OC)c(C(=O)N2CCC[C@@H]2c2ncc(C(=O)N3CCOCC3)c(C)n2)c1. The fourth-order valence-electron chi connectivity index (χ4n) is 4.21. The highest BCUT2D eigenvalue weighted by Gasteiger charge is 2.34. The van der Waals surface area contributed by atoms with Gasteiger partial charge in [-0.3, -0.25) is 9.59 Å². The third kappa shape index (κ3) is 4.25. The molecule has 3 heterocycles. The average molecular weight is 441 g/mol. The van der Waals surface area contributed by atoms with E-state index in [-0.39, 0.29) is 17.9 Å². The van der Waals surface area contributed by atoms with Crippen molar-refractivity contribution in [2.75, 3.05) is 47.1 Å². The number of likely N-dealkylation sites (tertiary alicyclic amines) is 1. The number of hydrogen-bond acceptors (Lipinski definition) is 7. The van der Waals surface area contributed by atoms with Crippen LogP contribution in [0.25, 0.3) is 0 Å². The van der Waals surface area contributed by atoms with Crippen molar-refractivity contribution < 1.29 is 23.8 Å². The van der Waals surface area contributed by atoms with Gasteiger partial charge in [0.2, 0.25) is 0 Å². The zero-order valence-electron chi connectivity index (χ0n) is 18.7. The van der Waals surface area contributed by atoms with E-state index >= 15 is 0 Å². The van der Waals surface area contributed by atoms with Crippen LogP contribution in [0.2, 0.25) is 0 Å². The number of nitrogens with zero attached hydrogens (tertiary/aromatic N) is 4. The van der Waals surface area contributed by atoms with Crippen molar-refractivity contribution in [3.8, 4) is 11.5 Å². The Kier molecular flexibility index (Phi) is 6.55. The predicted octanol–water partition coefficient (Wildman–Crippen LogP) is 2.25. The molecule has 2 aromatic rings. The summed E-state index contributed by atoms with van der Waals surface area (Å²) in [5.41, 5.74) is 1.54. The average Bonchev–Trinajstić information content (AvgIpc) is 3.33. The normalized spacial score (nSPS) is 18.5. The maximum atomic E-state index is 13.4. The first-order valence-corrected chi connectivity index (χ1v) is 10.8. The summed E-state index contributed by atoms with van der Waals surface area (Å²) in [4.78, 5) is 38.9. The quantitative estimate of drug-likeness (QED) is 0.704. The Hall–Kier alpha value is -3.20. The van der Waals surface area contributed by atoms with E-state index in [9.17, 15) is 9.59 Å². The van der Waals surface area contributed by atoms with Gasteiger partial charge in [-0.25, -0.2) is 9.97 Å². The van der Waals surface area contributed by atoms with Crippen molar-refractivity contribution in [3.63, 3.8) is 0 Å². The molecule has 9 nitrogen and oxygen atoms in total. The van der Waals surface area contributed by atoms with Crippen molar-refractivity contribution in [1.82, 2.24) is 19.8 Å². The van der Waals surface area contributed by atoms with Crippen molar-refractivity contribution in [2.24, 2.45) is 0 Å². The molecule has 2 aliphatic heterocycles. The Labute approximate surface area is 187 Å². The first-order chi connectivity index (χ1) is 15.5. The number of methoxy groups -OCH3 is 2. The van der Waals surface area contributed by atoms with Gasteiger partial charge in [0.25, 0.3) is 11.8 Å². The largest absolute Gasteiger partial charge is 0.497 e. The van der Waals surface area contributed by atoms with Gasteiger partial charge in [0.05, 0.1) is 50.3 Å². The number of carbonyl (C=O) groups is 2. The molecule has 0 bridgehead atoms. The number of rotatable bonds is 5. The monoisotopic (exact) mass is 440 g/mol. The van der Waals surface area contributed by atoms with Gasteiger partial charge >= 0.3 is 0 Å². The molecular formula is C23H28N4O5. The molecule has 2 fully saturated rings. The van der Waals surface area contributed by atoms with Crippen molar-refractivity contribution in [2.45, 2.75) is 25.8 Å². The number of benzene rings is 1. The number of aromatic nitrogens is 2. The summed E-state index contributed by atoms with van der Waals surface area (Å²) < 4.78 is 16.0. The maximum absolute atomic E-state index is 13.4. The van der Waals surface area contributed by atoms with Crippen molar-refractivity contribution in [1.29, 1.82) is 0 Å². The summed E-state index contributed by atoms with van der Waals surface area (Å²) in [5.74, 6) is 1.39. The van der Waals surface area contributed by atoms with Crippen molar-refractivity contribution >= 4 is 11.8 Å². The van der Waals surface area contributed by atoms with Crippen LogP contribution in [0.1, 0.15) is 51.1 Å². The van der Waals surface area contributed by atoms with Crippen LogP contribution in [0.4, 0.5) is 0 Å². The van der Waals surface area contributed by atoms with Crippen LogP contribution in [0.3, 0.4) is 0 Å². The highest BCUT2D eigenvalue weighted by atomic mass is 16.5. The van der Waals surface area contributed by atoms with Gasteiger partial charge in [-0.05, 0) is 38.0 Å². The van der Waals surface area contributed by atoms with E-state index in [1.165, 1.54) is 7.11 Å². The van der Waals surface area contributed by atoms with Gasteiger partial charge in [0.1, 0.15) is 11.5 Å². The molecule has 0 spiro atoms. The smallest absolute Gasteiger partial charge is 0.258 e. The second-order valence-electron chi connectivity index (χ2n) is 7.85. The zero-order chi connectivity index (χ0) is 22.7. The predicted molar refractivity (Wildman–Crippen MR) is 116 cm³/mol. The van der Waals surface area contributed by atoms with Crippen LogP contribution in [-0.2, 0) is 4.74 Å². The van der Waals surface area contributed by atoms with Crippen LogP contribution in [0, 0.1) is 6.92 Å². The number of hydrogen-bond donors (Lipinski definition) is 0. The molecule has 0 unspecified atom stereocenters. The minimum atomic E-state index is -0.260. The second-order valence-corrected chi connectivity index (χ2v) is 7.85. The number of aryl methyl sites for hydroxylation is 1. The summed E-state index contributed by atoms with van der Waals surface area (Å²) in [5, 5.41) is 0. The summed E-state index contributed by atoms with van der Waals surface area (Å²) in [6, 6.07) is 4.91. The molecule has 1 aromatic heterocycles. The molecule has 4 rings (SSSR count). The lowest BCUT2D eigenvalue weighted by atomic mass is 10.1. The van der Waals surface area contributed by atoms with Gasteiger partial charge in [-0.2, -0.15) is 0 Å². The van der Waals surface area contributed by atoms with E-state index in [0.717, 1.165) is 12.8 Å². The Balaban J connectivity index is 1.58. The topological polar surface area (TPSA) is 94.1 Å². The molecule has 32 heavy (non-hydrogen) atoms. The molecule has 170 valence electrons. The number of carbonyl (C=O) groups excluding carboxylic acids is 2. The first-order valence-electron chi connectivity index (χ1n) is 10.8. The van der Waals surface area contributed by atoms with E-state index in [0.29, 0.717) is 67.0 Å². The fraction of sp³-hybridized carbons (Fsp3) is 0.478. The van der Waals surface area contributed by atoms with Gasteiger partial charge in [-0.15, -0.1) is 0 Å². The van der Waals surface area contributed by atoms with E-state index in [2.05, 4.69) is 9.97 Å². The third-order valence-corrected chi connectivity index (χ3v) is 5.98. The number of morpholine rings is 1. The molecule has 0 radical (unpaired) electrons. The van der Waals surface area contributed by atoms with E-state index in [4.69, 9.17) is 14.2 Å². The Morgan fingerprint density at radius 3 is 2.53 bits per heavy atom. The van der Waals surface area contributed by atoms with E-state index in [1.807, 2.05) is 6.92 Å². The van der Waals surface area contributed by atoms with Gasteiger partial charge in [0.15, 0.2) is 5.82 Å². The molecule has 0 N–H and O–H groups in total. The minimum absolute atomic E-state index is 0.0854. The van der Waals surface area contributed by atoms with E-state index < -0.39 is 0 Å². The third-order valence-electron chi connectivity index (χ3n) is 5.98. The highest BCUT2D eigenvalue weighted by molar-refractivity contribution is 5.98. The maximum Gasteiger partial charge on any atom is 0.258 e. The van der Waals surface area contributed by atoms with Crippen LogP contribution in [0.5, 0.6) is 11.5 Å². The Morgan fingerprint density at radius 2 is 1.84 bits per heavy atom. The van der Waals surface area contributed by atoms with E-state index in [1.54, 1.807) is 41.3 Å². The summed E-state index contributed by atoms with van der Waals surface area (Å²) in [6.07, 6.45) is 3.19. The highest BCUT2D eigenvalue weighted by Crippen LogP contribution is 2.34. The Morgan fingerprint density at radius 1 is 1.06 bits per heavy atom. The molecular weight excluding hydrogens is 412 g/mol. The lowest BCUT2D eigenvalue weighted by Gasteiger charge is -2.28. The van der Waals surface area contributed by atoms with Gasteiger partial charge < -0.3 is 24.0 Å². The van der Waals surface area contributed by atoms with Crippen LogP contribution >= 0.6 is 0 Å². The van der Waals surface area contributed by atoms with Gasteiger partial charge in [0, 0.05) is 25.8 Å². The molecule has 1 aromatic carbocycles. The van der Waals surface area contributed by atoms with Crippen LogP contribution < -0.4 is 9.47 Å². The molecule has 0 saturated carbocycles. The first kappa shape index (κ1) is 22.0. The minimum Gasteiger partial charge on any atom is -0.497 e. The van der Waals surface area contributed by atoms with Gasteiger partial charge in [-0.1, -0.05) is 0 Å². The summed E-state index contributed by atoms with van der Waals surface area (Å²) in [7, 11) is 3.10. The second kappa shape index (κ2) is 9.52. The lowest BCUT2D eigenvalue weighted by Crippen LogP contribution is -2.41.